The van der Waals surface area contributed by atoms with Gasteiger partial charge in [0.1, 0.15) is 9.84 Å². The molecule has 0 aliphatic heterocycles. The van der Waals surface area contributed by atoms with Gasteiger partial charge in [-0.2, -0.15) is 5.10 Å². The van der Waals surface area contributed by atoms with Crippen LogP contribution >= 0.6 is 0 Å². The SMILES string of the molecule is CCc1nn(CCCS(C)(=O)=O)c(CC)c1C(C)NC. The molecule has 116 valence electrons. The van der Waals surface area contributed by atoms with Gasteiger partial charge in [0.25, 0.3) is 0 Å². The van der Waals surface area contributed by atoms with Crippen molar-refractivity contribution >= 4 is 9.84 Å². The van der Waals surface area contributed by atoms with Crippen LogP contribution in [0.3, 0.4) is 0 Å². The van der Waals surface area contributed by atoms with Crippen LogP contribution in [0.4, 0.5) is 0 Å². The smallest absolute Gasteiger partial charge is 0.147 e. The second kappa shape index (κ2) is 7.22. The van der Waals surface area contributed by atoms with Crippen LogP contribution in [0.5, 0.6) is 0 Å². The summed E-state index contributed by atoms with van der Waals surface area (Å²) in [6.45, 7) is 7.03. The van der Waals surface area contributed by atoms with Gasteiger partial charge >= 0.3 is 0 Å². The summed E-state index contributed by atoms with van der Waals surface area (Å²) in [7, 11) is -0.948. The van der Waals surface area contributed by atoms with Crippen LogP contribution < -0.4 is 5.32 Å². The molecular weight excluding hydrogens is 274 g/mol. The first-order chi connectivity index (χ1) is 9.34. The molecule has 1 aromatic rings. The fourth-order valence-corrected chi connectivity index (χ4v) is 3.16. The minimum atomic E-state index is -2.90. The normalized spacial score (nSPS) is 13.7. The van der Waals surface area contributed by atoms with Crippen molar-refractivity contribution in [1.82, 2.24) is 15.1 Å². The molecule has 1 aromatic heterocycles. The molecule has 0 aliphatic rings. The number of nitrogens with one attached hydrogen (secondary N) is 1. The van der Waals surface area contributed by atoms with Crippen molar-refractivity contribution in [3.05, 3.63) is 17.0 Å². The number of aryl methyl sites for hydroxylation is 2. The highest BCUT2D eigenvalue weighted by Gasteiger charge is 2.19. The van der Waals surface area contributed by atoms with Gasteiger partial charge in [-0.1, -0.05) is 13.8 Å². The van der Waals surface area contributed by atoms with Gasteiger partial charge in [0, 0.05) is 30.1 Å². The molecule has 0 amide bonds. The van der Waals surface area contributed by atoms with Crippen molar-refractivity contribution in [3.8, 4) is 0 Å². The summed E-state index contributed by atoms with van der Waals surface area (Å²) >= 11 is 0. The van der Waals surface area contributed by atoms with E-state index in [2.05, 4.69) is 31.2 Å². The molecule has 0 spiro atoms. The van der Waals surface area contributed by atoms with Crippen LogP contribution in [0, 0.1) is 0 Å². The Labute approximate surface area is 122 Å². The summed E-state index contributed by atoms with van der Waals surface area (Å²) in [5, 5.41) is 7.95. The summed E-state index contributed by atoms with van der Waals surface area (Å²) in [5.41, 5.74) is 3.61. The minimum absolute atomic E-state index is 0.217. The van der Waals surface area contributed by atoms with Gasteiger partial charge in [0.05, 0.1) is 11.4 Å². The Hall–Kier alpha value is -0.880. The Kier molecular flexibility index (Phi) is 6.20. The third-order valence-electron chi connectivity index (χ3n) is 3.60. The zero-order valence-corrected chi connectivity index (χ0v) is 14.0. The fraction of sp³-hybridized carbons (Fsp3) is 0.786. The number of sulfone groups is 1. The van der Waals surface area contributed by atoms with Gasteiger partial charge in [-0.25, -0.2) is 8.42 Å². The highest BCUT2D eigenvalue weighted by molar-refractivity contribution is 7.90. The molecule has 6 heteroatoms. The molecule has 0 radical (unpaired) electrons. The molecule has 0 aromatic carbocycles. The molecule has 0 fully saturated rings. The number of hydrogen-bond donors (Lipinski definition) is 1. The molecule has 1 rings (SSSR count). The van der Waals surface area contributed by atoms with Gasteiger partial charge < -0.3 is 5.32 Å². The second-order valence-electron chi connectivity index (χ2n) is 5.23. The number of rotatable bonds is 8. The standard InChI is InChI=1S/C14H27N3O2S/c1-6-12-14(11(3)15-4)13(7-2)17(16-12)9-8-10-20(5,18)19/h11,15H,6-10H2,1-5H3. The minimum Gasteiger partial charge on any atom is -0.313 e. The molecule has 1 unspecified atom stereocenters. The lowest BCUT2D eigenvalue weighted by molar-refractivity contribution is 0.556. The van der Waals surface area contributed by atoms with Crippen molar-refractivity contribution < 1.29 is 8.42 Å². The third-order valence-corrected chi connectivity index (χ3v) is 4.63. The Bertz CT molecular complexity index is 535. The van der Waals surface area contributed by atoms with Crippen LogP contribution in [0.2, 0.25) is 0 Å². The van der Waals surface area contributed by atoms with E-state index in [9.17, 15) is 8.42 Å². The maximum absolute atomic E-state index is 11.2. The summed E-state index contributed by atoms with van der Waals surface area (Å²) in [6.07, 6.45) is 3.70. The van der Waals surface area contributed by atoms with E-state index in [1.165, 1.54) is 17.5 Å². The van der Waals surface area contributed by atoms with E-state index in [-0.39, 0.29) is 11.8 Å². The lowest BCUT2D eigenvalue weighted by Gasteiger charge is -2.13. The van der Waals surface area contributed by atoms with E-state index in [1.807, 2.05) is 11.7 Å². The maximum Gasteiger partial charge on any atom is 0.147 e. The first kappa shape index (κ1) is 17.2. The Balaban J connectivity index is 2.99. The molecule has 1 heterocycles. The lowest BCUT2D eigenvalue weighted by Crippen LogP contribution is -2.16. The zero-order valence-electron chi connectivity index (χ0n) is 13.2. The third kappa shape index (κ3) is 4.31. The summed E-state index contributed by atoms with van der Waals surface area (Å²) < 4.78 is 24.4. The van der Waals surface area contributed by atoms with E-state index in [0.29, 0.717) is 13.0 Å². The molecule has 0 bridgehead atoms. The van der Waals surface area contributed by atoms with E-state index >= 15 is 0 Å². The van der Waals surface area contributed by atoms with E-state index in [1.54, 1.807) is 0 Å². The highest BCUT2D eigenvalue weighted by atomic mass is 32.2. The van der Waals surface area contributed by atoms with Crippen molar-refractivity contribution in [2.45, 2.75) is 52.6 Å². The van der Waals surface area contributed by atoms with Crippen LogP contribution in [-0.2, 0) is 29.2 Å². The predicted molar refractivity (Wildman–Crippen MR) is 82.8 cm³/mol. The van der Waals surface area contributed by atoms with Crippen molar-refractivity contribution in [2.24, 2.45) is 0 Å². The molecule has 20 heavy (non-hydrogen) atoms. The summed E-state index contributed by atoms with van der Waals surface area (Å²) in [4.78, 5) is 0. The predicted octanol–water partition coefficient (Wildman–Crippen LogP) is 1.72. The molecular formula is C14H27N3O2S. The average molecular weight is 301 g/mol. The highest BCUT2D eigenvalue weighted by Crippen LogP contribution is 2.23. The molecule has 1 atom stereocenters. The Morgan fingerprint density at radius 1 is 1.30 bits per heavy atom. The molecule has 5 nitrogen and oxygen atoms in total. The second-order valence-corrected chi connectivity index (χ2v) is 7.49. The molecule has 0 aliphatic carbocycles. The Morgan fingerprint density at radius 3 is 2.40 bits per heavy atom. The topological polar surface area (TPSA) is 64.0 Å². The van der Waals surface area contributed by atoms with Crippen LogP contribution in [0.15, 0.2) is 0 Å². The van der Waals surface area contributed by atoms with Crippen LogP contribution in [0.1, 0.15) is 50.2 Å². The quantitative estimate of drug-likeness (QED) is 0.794. The summed E-state index contributed by atoms with van der Waals surface area (Å²) in [5.74, 6) is 0.217. The van der Waals surface area contributed by atoms with E-state index < -0.39 is 9.84 Å². The van der Waals surface area contributed by atoms with Gasteiger partial charge in [-0.3, -0.25) is 4.68 Å². The lowest BCUT2D eigenvalue weighted by atomic mass is 10.0. The maximum atomic E-state index is 11.2. The van der Waals surface area contributed by atoms with Crippen LogP contribution in [0.25, 0.3) is 0 Å². The number of nitrogens with zero attached hydrogens (tertiary/aromatic N) is 2. The monoisotopic (exact) mass is 301 g/mol. The van der Waals surface area contributed by atoms with E-state index in [0.717, 1.165) is 18.5 Å². The van der Waals surface area contributed by atoms with E-state index in [4.69, 9.17) is 0 Å². The van der Waals surface area contributed by atoms with Gasteiger partial charge in [0.2, 0.25) is 0 Å². The molecule has 1 N–H and O–H groups in total. The van der Waals surface area contributed by atoms with Gasteiger partial charge in [-0.15, -0.1) is 0 Å². The van der Waals surface area contributed by atoms with Gasteiger partial charge in [-0.05, 0) is 33.2 Å². The van der Waals surface area contributed by atoms with Crippen molar-refractivity contribution in [3.63, 3.8) is 0 Å². The first-order valence-corrected chi connectivity index (χ1v) is 9.33. The zero-order chi connectivity index (χ0) is 15.3. The average Bonchev–Trinajstić information content (AvgIpc) is 2.74. The number of aromatic nitrogens is 2. The van der Waals surface area contributed by atoms with Crippen molar-refractivity contribution in [2.75, 3.05) is 19.1 Å². The molecule has 0 saturated heterocycles. The summed E-state index contributed by atoms with van der Waals surface area (Å²) in [6, 6.07) is 0.267. The Morgan fingerprint density at radius 2 is 1.95 bits per heavy atom. The van der Waals surface area contributed by atoms with Gasteiger partial charge in [0.15, 0.2) is 0 Å². The van der Waals surface area contributed by atoms with Crippen molar-refractivity contribution in [1.29, 1.82) is 0 Å². The largest absolute Gasteiger partial charge is 0.313 e. The first-order valence-electron chi connectivity index (χ1n) is 7.27. The fourth-order valence-electron chi connectivity index (χ4n) is 2.51. The molecule has 0 saturated carbocycles. The number of hydrogen-bond acceptors (Lipinski definition) is 4. The van der Waals surface area contributed by atoms with Crippen LogP contribution in [-0.4, -0.2) is 37.3 Å².